The van der Waals surface area contributed by atoms with Crippen molar-refractivity contribution < 1.29 is 36.9 Å². The number of fused-ring (bicyclic) bond motifs is 1. The second-order valence-electron chi connectivity index (χ2n) is 14.5. The molecule has 1 unspecified atom stereocenters. The van der Waals surface area contributed by atoms with Gasteiger partial charge in [-0.3, -0.25) is 0 Å². The zero-order chi connectivity index (χ0) is 43.8. The van der Waals surface area contributed by atoms with Crippen LogP contribution in [0.15, 0.2) is 54.4 Å². The van der Waals surface area contributed by atoms with Gasteiger partial charge in [0.1, 0.15) is 46.9 Å². The number of aryl methyl sites for hydroxylation is 1. The Kier molecular flexibility index (Phi) is 24.2. The molecule has 3 aromatic rings. The van der Waals surface area contributed by atoms with Crippen molar-refractivity contribution in [2.45, 2.75) is 107 Å². The number of likely N-dealkylation sites (N-methyl/N-ethyl adjacent to an activating group) is 1. The van der Waals surface area contributed by atoms with Crippen LogP contribution in [0.3, 0.4) is 0 Å². The molecular weight excluding hydrogens is 763 g/mol. The molecule has 9 nitrogen and oxygen atoms in total. The zero-order valence-electron chi connectivity index (χ0n) is 37.3. The van der Waals surface area contributed by atoms with Crippen molar-refractivity contribution in [3.63, 3.8) is 0 Å². The number of nitrogens with zero attached hydrogens (tertiary/aromatic N) is 5. The van der Waals surface area contributed by atoms with Crippen LogP contribution in [0, 0.1) is 5.92 Å². The molecule has 0 saturated carbocycles. The van der Waals surface area contributed by atoms with E-state index in [0.29, 0.717) is 25.6 Å². The summed E-state index contributed by atoms with van der Waals surface area (Å²) >= 11 is 0. The maximum absolute atomic E-state index is 12.6. The van der Waals surface area contributed by atoms with Crippen molar-refractivity contribution in [3.8, 4) is 34.4 Å². The lowest BCUT2D eigenvalue weighted by Crippen LogP contribution is -2.29. The van der Waals surface area contributed by atoms with E-state index in [9.17, 15) is 22.7 Å². The first kappa shape index (κ1) is 51.3. The molecule has 0 spiro atoms. The first-order chi connectivity index (χ1) is 28.3. The summed E-state index contributed by atoms with van der Waals surface area (Å²) in [7, 11) is 0. The quantitative estimate of drug-likeness (QED) is 0.0462. The van der Waals surface area contributed by atoms with Gasteiger partial charge in [0, 0.05) is 44.4 Å². The molecule has 13 heteroatoms. The molecule has 0 fully saturated rings. The van der Waals surface area contributed by atoms with Crippen LogP contribution in [-0.2, 0) is 6.54 Å². The molecule has 2 aromatic carbocycles. The maximum atomic E-state index is 12.6. The Morgan fingerprint density at radius 2 is 1.37 bits per heavy atom. The second-order valence-corrected chi connectivity index (χ2v) is 14.5. The first-order valence-corrected chi connectivity index (χ1v) is 21.8. The minimum atomic E-state index is -4.50. The highest BCUT2D eigenvalue weighted by Gasteiger charge is 2.38. The van der Waals surface area contributed by atoms with E-state index in [-0.39, 0.29) is 5.75 Å². The highest BCUT2D eigenvalue weighted by Crippen LogP contribution is 2.39. The monoisotopic (exact) mass is 836 g/mol. The van der Waals surface area contributed by atoms with Gasteiger partial charge in [0.05, 0.1) is 24.3 Å². The number of ether oxygens (including phenoxy) is 3. The highest BCUT2D eigenvalue weighted by atomic mass is 19.4. The Labute approximate surface area is 352 Å². The molecule has 0 aliphatic rings. The molecule has 0 aliphatic heterocycles. The SMILES string of the molecule is C/C=C\C=C(\F)C(C)C(F)(F)F.CCCCn1c(-c2ccc(O)cc2OCCN(CC)CCC)nc2c(OCCCN(CC)CC)cc(OCCCN(CC)CC)cc21. The van der Waals surface area contributed by atoms with Gasteiger partial charge >= 0.3 is 6.18 Å². The van der Waals surface area contributed by atoms with Gasteiger partial charge < -0.3 is 38.6 Å². The number of phenols is 1. The third-order valence-corrected chi connectivity index (χ3v) is 10.3. The van der Waals surface area contributed by atoms with Crippen LogP contribution >= 0.6 is 0 Å². The van der Waals surface area contributed by atoms with Gasteiger partial charge in [-0.1, -0.05) is 67.0 Å². The summed E-state index contributed by atoms with van der Waals surface area (Å²) in [6.07, 6.45) is 4.07. The molecular formula is C46H73F4N5O4. The fourth-order valence-corrected chi connectivity index (χ4v) is 6.47. The Bertz CT molecular complexity index is 1670. The normalized spacial score (nSPS) is 12.8. The minimum Gasteiger partial charge on any atom is -0.508 e. The first-order valence-electron chi connectivity index (χ1n) is 21.8. The number of halogens is 4. The van der Waals surface area contributed by atoms with E-state index in [1.165, 1.54) is 12.2 Å². The molecule has 0 saturated heterocycles. The van der Waals surface area contributed by atoms with Crippen LogP contribution in [0.4, 0.5) is 17.6 Å². The third-order valence-electron chi connectivity index (χ3n) is 10.3. The highest BCUT2D eigenvalue weighted by molar-refractivity contribution is 5.88. The zero-order valence-corrected chi connectivity index (χ0v) is 37.3. The van der Waals surface area contributed by atoms with E-state index in [4.69, 9.17) is 19.2 Å². The maximum Gasteiger partial charge on any atom is 0.397 e. The molecule has 1 aromatic heterocycles. The van der Waals surface area contributed by atoms with Crippen molar-refractivity contribution in [1.29, 1.82) is 0 Å². The van der Waals surface area contributed by atoms with Crippen LogP contribution < -0.4 is 14.2 Å². The standard InChI is InChI=1S/C38H63N5O4.C8H10F4/c1-8-15-23-43-34-29-32(45-25-16-21-40(10-3)11-4)30-36(46-26-17-22-41(12-5)13-6)37(34)39-38(43)33-19-18-31(44)28-35(33)47-27-24-42(14-7)20-9-2;1-3-4-5-7(9)6(2)8(10,11)12/h18-19,28-30,44H,8-17,20-27H2,1-7H3;3-6H,1-2H3/b;4-3-,7-5+. The predicted molar refractivity (Wildman–Crippen MR) is 235 cm³/mol. The third kappa shape index (κ3) is 17.4. The number of allylic oxidation sites excluding steroid dienone is 4. The average molecular weight is 836 g/mol. The average Bonchev–Trinajstić information content (AvgIpc) is 3.59. The number of unbranched alkanes of at least 4 members (excludes halogenated alkanes) is 1. The van der Waals surface area contributed by atoms with E-state index in [0.717, 1.165) is 144 Å². The summed E-state index contributed by atoms with van der Waals surface area (Å²) in [5.74, 6) is -0.00145. The van der Waals surface area contributed by atoms with Crippen LogP contribution in [0.1, 0.15) is 94.4 Å². The van der Waals surface area contributed by atoms with E-state index >= 15 is 0 Å². The Morgan fingerprint density at radius 1 is 0.763 bits per heavy atom. The van der Waals surface area contributed by atoms with Gasteiger partial charge in [-0.2, -0.15) is 13.2 Å². The molecule has 0 radical (unpaired) electrons. The number of hydrogen-bond acceptors (Lipinski definition) is 8. The van der Waals surface area contributed by atoms with E-state index in [2.05, 4.69) is 73.8 Å². The molecule has 59 heavy (non-hydrogen) atoms. The van der Waals surface area contributed by atoms with Crippen LogP contribution in [-0.4, -0.2) is 114 Å². The number of phenolic OH excluding ortho intramolecular Hbond substituents is 1. The molecule has 1 N–H and O–H groups in total. The summed E-state index contributed by atoms with van der Waals surface area (Å²) in [6.45, 7) is 29.4. The summed E-state index contributed by atoms with van der Waals surface area (Å²) < 4.78 is 69.5. The van der Waals surface area contributed by atoms with Crippen molar-refractivity contribution in [2.75, 3.05) is 78.7 Å². The van der Waals surface area contributed by atoms with Gasteiger partial charge in [-0.15, -0.1) is 0 Å². The number of imidazole rings is 1. The summed E-state index contributed by atoms with van der Waals surface area (Å²) in [4.78, 5) is 12.5. The lowest BCUT2D eigenvalue weighted by Gasteiger charge is -2.20. The van der Waals surface area contributed by atoms with E-state index in [1.54, 1.807) is 19.1 Å². The van der Waals surface area contributed by atoms with E-state index < -0.39 is 17.9 Å². The van der Waals surface area contributed by atoms with Crippen LogP contribution in [0.25, 0.3) is 22.4 Å². The van der Waals surface area contributed by atoms with Gasteiger partial charge in [-0.05, 0) is 97.0 Å². The molecule has 0 amide bonds. The van der Waals surface area contributed by atoms with Gasteiger partial charge in [-0.25, -0.2) is 9.37 Å². The minimum absolute atomic E-state index is 0.179. The molecule has 3 rings (SSSR count). The molecule has 1 heterocycles. The smallest absolute Gasteiger partial charge is 0.397 e. The van der Waals surface area contributed by atoms with Gasteiger partial charge in [0.25, 0.3) is 0 Å². The molecule has 1 atom stereocenters. The van der Waals surface area contributed by atoms with Crippen molar-refractivity contribution >= 4 is 11.0 Å². The van der Waals surface area contributed by atoms with E-state index in [1.807, 2.05) is 12.1 Å². The lowest BCUT2D eigenvalue weighted by atomic mass is 10.1. The number of aromatic hydroxyl groups is 1. The topological polar surface area (TPSA) is 75.5 Å². The lowest BCUT2D eigenvalue weighted by molar-refractivity contribution is -0.163. The number of rotatable bonds is 27. The molecule has 334 valence electrons. The Hall–Kier alpha value is -3.81. The largest absolute Gasteiger partial charge is 0.508 e. The fraction of sp³-hybridized carbons (Fsp3) is 0.630. The Morgan fingerprint density at radius 3 is 1.93 bits per heavy atom. The number of alkyl halides is 3. The Balaban J connectivity index is 0.000000863. The fourth-order valence-electron chi connectivity index (χ4n) is 6.47. The number of benzene rings is 2. The van der Waals surface area contributed by atoms with Crippen LogP contribution in [0.2, 0.25) is 0 Å². The summed E-state index contributed by atoms with van der Waals surface area (Å²) in [5.41, 5.74) is 2.68. The van der Waals surface area contributed by atoms with Crippen LogP contribution in [0.5, 0.6) is 23.0 Å². The second kappa shape index (κ2) is 27.9. The van der Waals surface area contributed by atoms with Crippen molar-refractivity contribution in [3.05, 3.63) is 54.4 Å². The number of hydrogen-bond donors (Lipinski definition) is 1. The summed E-state index contributed by atoms with van der Waals surface area (Å²) in [5, 5.41) is 10.5. The van der Waals surface area contributed by atoms with Gasteiger partial charge in [0.2, 0.25) is 0 Å². The molecule has 0 aliphatic carbocycles. The summed E-state index contributed by atoms with van der Waals surface area (Å²) in [6, 6.07) is 9.49. The van der Waals surface area contributed by atoms with Gasteiger partial charge in [0.15, 0.2) is 5.75 Å². The predicted octanol–water partition coefficient (Wildman–Crippen LogP) is 11.2. The van der Waals surface area contributed by atoms with Crippen molar-refractivity contribution in [1.82, 2.24) is 24.3 Å². The number of aromatic nitrogens is 2. The van der Waals surface area contributed by atoms with Crippen molar-refractivity contribution in [2.24, 2.45) is 5.92 Å². The molecule has 0 bridgehead atoms.